The summed E-state index contributed by atoms with van der Waals surface area (Å²) >= 11 is 5.83. The Labute approximate surface area is 165 Å². The van der Waals surface area contributed by atoms with Crippen molar-refractivity contribution in [3.63, 3.8) is 0 Å². The number of amides is 2. The lowest BCUT2D eigenvalue weighted by Crippen LogP contribution is -2.35. The average Bonchev–Trinajstić information content (AvgIpc) is 2.68. The third-order valence-corrected chi connectivity index (χ3v) is 3.92. The Morgan fingerprint density at radius 1 is 1.14 bits per heavy atom. The van der Waals surface area contributed by atoms with Crippen molar-refractivity contribution in [3.8, 4) is 5.75 Å². The summed E-state index contributed by atoms with van der Waals surface area (Å²) in [6.07, 6.45) is -1.15. The van der Waals surface area contributed by atoms with E-state index in [1.807, 2.05) is 0 Å². The van der Waals surface area contributed by atoms with Gasteiger partial charge in [0, 0.05) is 5.56 Å². The van der Waals surface area contributed by atoms with E-state index >= 15 is 0 Å². The molecule has 2 rings (SSSR count). The highest BCUT2D eigenvalue weighted by atomic mass is 35.5. The van der Waals surface area contributed by atoms with Gasteiger partial charge < -0.3 is 20.1 Å². The number of halogens is 2. The predicted molar refractivity (Wildman–Crippen MR) is 101 cm³/mol. The van der Waals surface area contributed by atoms with Crippen LogP contribution in [0.2, 0.25) is 5.02 Å². The van der Waals surface area contributed by atoms with Crippen molar-refractivity contribution in [1.29, 1.82) is 0 Å². The summed E-state index contributed by atoms with van der Waals surface area (Å²) in [5.74, 6) is -1.88. The number of hydrogen-bond acceptors (Lipinski definition) is 5. The van der Waals surface area contributed by atoms with Crippen LogP contribution in [0.1, 0.15) is 17.3 Å². The fourth-order valence-corrected chi connectivity index (χ4v) is 2.33. The van der Waals surface area contributed by atoms with Crippen LogP contribution in [0.25, 0.3) is 0 Å². The van der Waals surface area contributed by atoms with Gasteiger partial charge in [-0.05, 0) is 49.4 Å². The molecular formula is C19H18ClFN2O5. The summed E-state index contributed by atoms with van der Waals surface area (Å²) in [6.45, 7) is 0.940. The first kappa shape index (κ1) is 21.2. The standard InChI is InChI=1S/C19H18ClFN2O5/c1-11(18(25)23-16-8-5-13(21)9-15(16)20)28-17(24)10-22-19(26)12-3-6-14(27-2)7-4-12/h3-9,11H,10H2,1-2H3,(H,22,26)(H,23,25)/t11-/m1/s1. The topological polar surface area (TPSA) is 93.7 Å². The first-order valence-electron chi connectivity index (χ1n) is 8.18. The van der Waals surface area contributed by atoms with Crippen LogP contribution in [0.5, 0.6) is 5.75 Å². The van der Waals surface area contributed by atoms with E-state index in [1.54, 1.807) is 24.3 Å². The molecule has 0 aliphatic rings. The highest BCUT2D eigenvalue weighted by Crippen LogP contribution is 2.22. The monoisotopic (exact) mass is 408 g/mol. The molecule has 9 heteroatoms. The largest absolute Gasteiger partial charge is 0.497 e. The van der Waals surface area contributed by atoms with Crippen molar-refractivity contribution >= 4 is 35.1 Å². The Kier molecular flexibility index (Phi) is 7.34. The van der Waals surface area contributed by atoms with Gasteiger partial charge in [-0.2, -0.15) is 0 Å². The molecule has 2 N–H and O–H groups in total. The summed E-state index contributed by atoms with van der Waals surface area (Å²) in [6, 6.07) is 9.78. The second kappa shape index (κ2) is 9.70. The van der Waals surface area contributed by atoms with Gasteiger partial charge in [0.15, 0.2) is 6.10 Å². The van der Waals surface area contributed by atoms with E-state index < -0.39 is 36.2 Å². The second-order valence-corrected chi connectivity index (χ2v) is 6.06. The van der Waals surface area contributed by atoms with E-state index in [-0.39, 0.29) is 10.7 Å². The van der Waals surface area contributed by atoms with Crippen LogP contribution in [-0.2, 0) is 14.3 Å². The van der Waals surface area contributed by atoms with Gasteiger partial charge in [0.1, 0.15) is 18.1 Å². The zero-order valence-electron chi connectivity index (χ0n) is 15.1. The van der Waals surface area contributed by atoms with Crippen molar-refractivity contribution < 1.29 is 28.2 Å². The number of ether oxygens (including phenoxy) is 2. The molecule has 0 spiro atoms. The summed E-state index contributed by atoms with van der Waals surface area (Å²) in [4.78, 5) is 35.9. The molecule has 1 atom stereocenters. The lowest BCUT2D eigenvalue weighted by Gasteiger charge is -2.14. The highest BCUT2D eigenvalue weighted by Gasteiger charge is 2.19. The van der Waals surface area contributed by atoms with Crippen molar-refractivity contribution in [3.05, 3.63) is 58.9 Å². The molecule has 7 nitrogen and oxygen atoms in total. The molecule has 0 aliphatic carbocycles. The van der Waals surface area contributed by atoms with Gasteiger partial charge in [0.05, 0.1) is 17.8 Å². The maximum Gasteiger partial charge on any atom is 0.326 e. The van der Waals surface area contributed by atoms with Gasteiger partial charge in [-0.25, -0.2) is 4.39 Å². The van der Waals surface area contributed by atoms with E-state index in [0.717, 1.165) is 12.1 Å². The Morgan fingerprint density at radius 2 is 1.82 bits per heavy atom. The summed E-state index contributed by atoms with van der Waals surface area (Å²) in [5.41, 5.74) is 0.522. The summed E-state index contributed by atoms with van der Waals surface area (Å²) in [7, 11) is 1.51. The molecule has 0 saturated carbocycles. The highest BCUT2D eigenvalue weighted by molar-refractivity contribution is 6.33. The van der Waals surface area contributed by atoms with Crippen LogP contribution >= 0.6 is 11.6 Å². The third-order valence-electron chi connectivity index (χ3n) is 3.61. The van der Waals surface area contributed by atoms with Crippen molar-refractivity contribution in [1.82, 2.24) is 5.32 Å². The van der Waals surface area contributed by atoms with Crippen LogP contribution in [-0.4, -0.2) is 37.5 Å². The van der Waals surface area contributed by atoms with Crippen LogP contribution in [0.3, 0.4) is 0 Å². The molecule has 2 aromatic carbocycles. The molecule has 0 aromatic heterocycles. The Hall–Kier alpha value is -3.13. The Morgan fingerprint density at radius 3 is 2.43 bits per heavy atom. The molecule has 28 heavy (non-hydrogen) atoms. The molecular weight excluding hydrogens is 391 g/mol. The quantitative estimate of drug-likeness (QED) is 0.687. The van der Waals surface area contributed by atoms with Gasteiger partial charge in [-0.1, -0.05) is 11.6 Å². The summed E-state index contributed by atoms with van der Waals surface area (Å²) in [5, 5.41) is 4.84. The molecule has 2 amide bonds. The van der Waals surface area contributed by atoms with E-state index in [1.165, 1.54) is 20.1 Å². The van der Waals surface area contributed by atoms with E-state index in [4.69, 9.17) is 21.1 Å². The normalized spacial score (nSPS) is 11.3. The molecule has 148 valence electrons. The first-order valence-corrected chi connectivity index (χ1v) is 8.55. The number of rotatable bonds is 7. The lowest BCUT2D eigenvalue weighted by atomic mass is 10.2. The van der Waals surface area contributed by atoms with Crippen LogP contribution < -0.4 is 15.4 Å². The molecule has 0 radical (unpaired) electrons. The molecule has 0 bridgehead atoms. The zero-order chi connectivity index (χ0) is 20.7. The van der Waals surface area contributed by atoms with Gasteiger partial charge in [0.2, 0.25) is 0 Å². The predicted octanol–water partition coefficient (Wildman–Crippen LogP) is 2.79. The van der Waals surface area contributed by atoms with Gasteiger partial charge >= 0.3 is 5.97 Å². The number of carbonyl (C=O) groups excluding carboxylic acids is 3. The Balaban J connectivity index is 1.82. The average molecular weight is 409 g/mol. The van der Waals surface area contributed by atoms with Crippen LogP contribution in [0.15, 0.2) is 42.5 Å². The van der Waals surface area contributed by atoms with Gasteiger partial charge in [-0.15, -0.1) is 0 Å². The fraction of sp³-hybridized carbons (Fsp3) is 0.211. The van der Waals surface area contributed by atoms with E-state index in [0.29, 0.717) is 11.3 Å². The van der Waals surface area contributed by atoms with E-state index in [2.05, 4.69) is 10.6 Å². The van der Waals surface area contributed by atoms with Crippen molar-refractivity contribution in [2.75, 3.05) is 19.0 Å². The first-order chi connectivity index (χ1) is 13.3. The maximum absolute atomic E-state index is 13.0. The van der Waals surface area contributed by atoms with E-state index in [9.17, 15) is 18.8 Å². The molecule has 2 aromatic rings. The van der Waals surface area contributed by atoms with Crippen molar-refractivity contribution in [2.24, 2.45) is 0 Å². The van der Waals surface area contributed by atoms with Gasteiger partial charge in [0.25, 0.3) is 11.8 Å². The molecule has 0 fully saturated rings. The van der Waals surface area contributed by atoms with Crippen LogP contribution in [0.4, 0.5) is 10.1 Å². The van der Waals surface area contributed by atoms with Gasteiger partial charge in [-0.3, -0.25) is 14.4 Å². The number of carbonyl (C=O) groups is 3. The number of hydrogen-bond donors (Lipinski definition) is 2. The minimum atomic E-state index is -1.15. The molecule has 0 saturated heterocycles. The number of anilines is 1. The zero-order valence-corrected chi connectivity index (χ0v) is 15.9. The smallest absolute Gasteiger partial charge is 0.326 e. The lowest BCUT2D eigenvalue weighted by molar-refractivity contribution is -0.152. The number of methoxy groups -OCH3 is 1. The minimum Gasteiger partial charge on any atom is -0.497 e. The maximum atomic E-state index is 13.0. The fourth-order valence-electron chi connectivity index (χ4n) is 2.11. The third kappa shape index (κ3) is 5.95. The SMILES string of the molecule is COc1ccc(C(=O)NCC(=O)O[C@H](C)C(=O)Nc2ccc(F)cc2Cl)cc1. The van der Waals surface area contributed by atoms with Crippen LogP contribution in [0, 0.1) is 5.82 Å². The Bertz CT molecular complexity index is 873. The molecule has 0 aliphatic heterocycles. The van der Waals surface area contributed by atoms with Crippen molar-refractivity contribution in [2.45, 2.75) is 13.0 Å². The summed E-state index contributed by atoms with van der Waals surface area (Å²) < 4.78 is 23.0. The molecule has 0 heterocycles. The second-order valence-electron chi connectivity index (χ2n) is 5.66. The number of nitrogens with one attached hydrogen (secondary N) is 2. The number of benzene rings is 2. The minimum absolute atomic E-state index is 0.0126. The number of esters is 1. The molecule has 0 unspecified atom stereocenters.